The minimum absolute atomic E-state index is 0.159. The molecule has 2 aromatic rings. The van der Waals surface area contributed by atoms with Crippen molar-refractivity contribution in [2.75, 3.05) is 17.2 Å². The van der Waals surface area contributed by atoms with Gasteiger partial charge in [-0.2, -0.15) is 4.98 Å². The second kappa shape index (κ2) is 6.47. The fourth-order valence-electron chi connectivity index (χ4n) is 1.48. The molecule has 0 saturated carbocycles. The molecule has 2 N–H and O–H groups in total. The third-order valence-corrected chi connectivity index (χ3v) is 2.86. The topological polar surface area (TPSA) is 49.8 Å². The molecule has 0 aliphatic heterocycles. The van der Waals surface area contributed by atoms with E-state index in [9.17, 15) is 4.39 Å². The number of anilines is 3. The highest BCUT2D eigenvalue weighted by Gasteiger charge is 2.07. The summed E-state index contributed by atoms with van der Waals surface area (Å²) >= 11 is 3.36. The second-order valence-electron chi connectivity index (χ2n) is 3.95. The van der Waals surface area contributed by atoms with Crippen LogP contribution in [0.4, 0.5) is 21.8 Å². The van der Waals surface area contributed by atoms with Crippen LogP contribution in [0.3, 0.4) is 0 Å². The van der Waals surface area contributed by atoms with E-state index < -0.39 is 5.82 Å². The normalized spacial score (nSPS) is 10.3. The van der Waals surface area contributed by atoms with Gasteiger partial charge in [0.25, 0.3) is 0 Å². The van der Waals surface area contributed by atoms with Crippen molar-refractivity contribution in [3.63, 3.8) is 0 Å². The lowest BCUT2D eigenvalue weighted by Crippen LogP contribution is -2.07. The number of hydrogen-bond donors (Lipinski definition) is 2. The molecule has 0 aliphatic carbocycles. The first kappa shape index (κ1) is 13.7. The maximum atomic E-state index is 13.7. The number of benzene rings is 1. The molecule has 2 rings (SSSR count). The summed E-state index contributed by atoms with van der Waals surface area (Å²) in [6, 6.07) is 7.45. The quantitative estimate of drug-likeness (QED) is 0.874. The number of nitrogens with zero attached hydrogens (tertiary/aromatic N) is 2. The minimum Gasteiger partial charge on any atom is -0.354 e. The lowest BCUT2D eigenvalue weighted by atomic mass is 10.3. The van der Waals surface area contributed by atoms with Gasteiger partial charge in [-0.05, 0) is 24.6 Å². The SMILES string of the molecule is CCCNc1ncc(F)c(Nc2cccc(Br)c2)n1. The monoisotopic (exact) mass is 324 g/mol. The Morgan fingerprint density at radius 2 is 2.21 bits per heavy atom. The van der Waals surface area contributed by atoms with Crippen LogP contribution in [0, 0.1) is 5.82 Å². The van der Waals surface area contributed by atoms with Crippen molar-refractivity contribution in [1.29, 1.82) is 0 Å². The summed E-state index contributed by atoms with van der Waals surface area (Å²) in [5, 5.41) is 5.95. The van der Waals surface area contributed by atoms with Crippen molar-refractivity contribution >= 4 is 33.4 Å². The van der Waals surface area contributed by atoms with Crippen LogP contribution in [-0.2, 0) is 0 Å². The van der Waals surface area contributed by atoms with Gasteiger partial charge in [0.2, 0.25) is 5.95 Å². The first-order valence-electron chi connectivity index (χ1n) is 5.98. The van der Waals surface area contributed by atoms with Crippen LogP contribution in [0.15, 0.2) is 34.9 Å². The number of rotatable bonds is 5. The molecule has 100 valence electrons. The molecular formula is C13H14BrFN4. The molecule has 0 atom stereocenters. The number of hydrogen-bond acceptors (Lipinski definition) is 4. The smallest absolute Gasteiger partial charge is 0.224 e. The van der Waals surface area contributed by atoms with Gasteiger partial charge >= 0.3 is 0 Å². The van der Waals surface area contributed by atoms with Crippen molar-refractivity contribution < 1.29 is 4.39 Å². The lowest BCUT2D eigenvalue weighted by molar-refractivity contribution is 0.619. The zero-order valence-corrected chi connectivity index (χ0v) is 12.0. The van der Waals surface area contributed by atoms with Gasteiger partial charge < -0.3 is 10.6 Å². The molecule has 4 nitrogen and oxygen atoms in total. The minimum atomic E-state index is -0.484. The Labute approximate surface area is 119 Å². The van der Waals surface area contributed by atoms with Crippen LogP contribution in [0.2, 0.25) is 0 Å². The molecule has 0 aliphatic rings. The summed E-state index contributed by atoms with van der Waals surface area (Å²) in [6.07, 6.45) is 2.11. The molecule has 6 heteroatoms. The van der Waals surface area contributed by atoms with Gasteiger partial charge in [-0.3, -0.25) is 0 Å². The van der Waals surface area contributed by atoms with Gasteiger partial charge in [0.15, 0.2) is 11.6 Å². The Hall–Kier alpha value is -1.69. The molecule has 19 heavy (non-hydrogen) atoms. The van der Waals surface area contributed by atoms with E-state index in [1.165, 1.54) is 0 Å². The van der Waals surface area contributed by atoms with Crippen LogP contribution in [-0.4, -0.2) is 16.5 Å². The number of halogens is 2. The first-order valence-corrected chi connectivity index (χ1v) is 6.77. The van der Waals surface area contributed by atoms with Crippen molar-refractivity contribution in [3.05, 3.63) is 40.8 Å². The zero-order valence-electron chi connectivity index (χ0n) is 10.5. The fraction of sp³-hybridized carbons (Fsp3) is 0.231. The van der Waals surface area contributed by atoms with E-state index in [0.29, 0.717) is 5.95 Å². The lowest BCUT2D eigenvalue weighted by Gasteiger charge is -2.09. The molecule has 0 saturated heterocycles. The Balaban J connectivity index is 2.19. The fourth-order valence-corrected chi connectivity index (χ4v) is 1.88. The molecule has 1 aromatic carbocycles. The van der Waals surface area contributed by atoms with Crippen molar-refractivity contribution in [2.24, 2.45) is 0 Å². The van der Waals surface area contributed by atoms with E-state index in [-0.39, 0.29) is 5.82 Å². The van der Waals surface area contributed by atoms with Gasteiger partial charge in [0, 0.05) is 16.7 Å². The Morgan fingerprint density at radius 3 is 2.95 bits per heavy atom. The molecule has 0 radical (unpaired) electrons. The van der Waals surface area contributed by atoms with E-state index in [1.54, 1.807) is 0 Å². The van der Waals surface area contributed by atoms with Crippen molar-refractivity contribution in [2.45, 2.75) is 13.3 Å². The standard InChI is InChI=1S/C13H14BrFN4/c1-2-6-16-13-17-8-11(15)12(19-13)18-10-5-3-4-9(14)7-10/h3-5,7-8H,2,6H2,1H3,(H2,16,17,18,19). The summed E-state index contributed by atoms with van der Waals surface area (Å²) in [4.78, 5) is 8.00. The molecule has 0 amide bonds. The summed E-state index contributed by atoms with van der Waals surface area (Å²) in [7, 11) is 0. The van der Waals surface area contributed by atoms with E-state index in [2.05, 4.69) is 36.5 Å². The predicted octanol–water partition coefficient (Wildman–Crippen LogP) is 3.94. The molecule has 0 unspecified atom stereocenters. The molecule has 1 heterocycles. The van der Waals surface area contributed by atoms with Crippen LogP contribution in [0.1, 0.15) is 13.3 Å². The Morgan fingerprint density at radius 1 is 1.37 bits per heavy atom. The zero-order chi connectivity index (χ0) is 13.7. The average Bonchev–Trinajstić information content (AvgIpc) is 2.40. The van der Waals surface area contributed by atoms with Crippen LogP contribution in [0.25, 0.3) is 0 Å². The van der Waals surface area contributed by atoms with Crippen molar-refractivity contribution in [3.8, 4) is 0 Å². The molecule has 0 bridgehead atoms. The number of nitrogens with one attached hydrogen (secondary N) is 2. The Kier molecular flexibility index (Phi) is 4.68. The molecule has 0 fully saturated rings. The third-order valence-electron chi connectivity index (χ3n) is 2.36. The maximum absolute atomic E-state index is 13.7. The summed E-state index contributed by atoms with van der Waals surface area (Å²) < 4.78 is 14.6. The maximum Gasteiger partial charge on any atom is 0.224 e. The van der Waals surface area contributed by atoms with Crippen LogP contribution >= 0.6 is 15.9 Å². The number of aromatic nitrogens is 2. The van der Waals surface area contributed by atoms with Gasteiger partial charge in [-0.1, -0.05) is 28.9 Å². The largest absolute Gasteiger partial charge is 0.354 e. The average molecular weight is 325 g/mol. The van der Waals surface area contributed by atoms with Gasteiger partial charge in [0.05, 0.1) is 6.20 Å². The highest BCUT2D eigenvalue weighted by atomic mass is 79.9. The first-order chi connectivity index (χ1) is 9.19. The van der Waals surface area contributed by atoms with E-state index in [0.717, 1.165) is 29.3 Å². The summed E-state index contributed by atoms with van der Waals surface area (Å²) in [6.45, 7) is 2.79. The van der Waals surface area contributed by atoms with Crippen molar-refractivity contribution in [1.82, 2.24) is 9.97 Å². The second-order valence-corrected chi connectivity index (χ2v) is 4.87. The highest BCUT2D eigenvalue weighted by molar-refractivity contribution is 9.10. The predicted molar refractivity (Wildman–Crippen MR) is 78.2 cm³/mol. The van der Waals surface area contributed by atoms with Gasteiger partial charge in [-0.15, -0.1) is 0 Å². The Bertz CT molecular complexity index is 562. The molecule has 1 aromatic heterocycles. The summed E-state index contributed by atoms with van der Waals surface area (Å²) in [5.41, 5.74) is 0.758. The van der Waals surface area contributed by atoms with Gasteiger partial charge in [0.1, 0.15) is 0 Å². The molecular weight excluding hydrogens is 311 g/mol. The van der Waals surface area contributed by atoms with Crippen LogP contribution in [0.5, 0.6) is 0 Å². The van der Waals surface area contributed by atoms with E-state index in [1.807, 2.05) is 31.2 Å². The highest BCUT2D eigenvalue weighted by Crippen LogP contribution is 2.21. The van der Waals surface area contributed by atoms with E-state index >= 15 is 0 Å². The van der Waals surface area contributed by atoms with Crippen LogP contribution < -0.4 is 10.6 Å². The summed E-state index contributed by atoms with van der Waals surface area (Å²) in [5.74, 6) is 0.0921. The van der Waals surface area contributed by atoms with E-state index in [4.69, 9.17) is 0 Å². The van der Waals surface area contributed by atoms with Gasteiger partial charge in [-0.25, -0.2) is 9.37 Å². The third kappa shape index (κ3) is 3.89. The molecule has 0 spiro atoms.